The summed E-state index contributed by atoms with van der Waals surface area (Å²) in [7, 11) is 2.17. The van der Waals surface area contributed by atoms with Crippen LogP contribution < -0.4 is 15.4 Å². The van der Waals surface area contributed by atoms with E-state index >= 15 is 0 Å². The Bertz CT molecular complexity index is 1530. The zero-order valence-electron chi connectivity index (χ0n) is 24.1. The fraction of sp³-hybridized carbons (Fsp3) is 0.387. The van der Waals surface area contributed by atoms with Gasteiger partial charge in [0.15, 0.2) is 5.82 Å². The van der Waals surface area contributed by atoms with Crippen LogP contribution in [0.1, 0.15) is 44.2 Å². The van der Waals surface area contributed by atoms with Crippen molar-refractivity contribution in [3.05, 3.63) is 71.9 Å². The Balaban J connectivity index is 1.11. The van der Waals surface area contributed by atoms with E-state index in [0.717, 1.165) is 50.5 Å². The van der Waals surface area contributed by atoms with Gasteiger partial charge in [0, 0.05) is 73.9 Å². The lowest BCUT2D eigenvalue weighted by atomic mass is 9.93. The van der Waals surface area contributed by atoms with Gasteiger partial charge in [-0.15, -0.1) is 0 Å². The van der Waals surface area contributed by atoms with Crippen LogP contribution in [0.25, 0.3) is 5.65 Å². The Kier molecular flexibility index (Phi) is 8.57. The van der Waals surface area contributed by atoms with Crippen LogP contribution in [0.2, 0.25) is 0 Å². The molecule has 0 radical (unpaired) electrons. The summed E-state index contributed by atoms with van der Waals surface area (Å²) in [4.78, 5) is 21.9. The highest BCUT2D eigenvalue weighted by molar-refractivity contribution is 5.99. The predicted octanol–water partition coefficient (Wildman–Crippen LogP) is 4.68. The maximum absolute atomic E-state index is 12.4. The molecule has 10 nitrogen and oxygen atoms in total. The van der Waals surface area contributed by atoms with Crippen molar-refractivity contribution in [1.29, 1.82) is 0 Å². The van der Waals surface area contributed by atoms with Crippen LogP contribution in [0.5, 0.6) is 5.75 Å². The van der Waals surface area contributed by atoms with E-state index in [1.807, 2.05) is 61.8 Å². The summed E-state index contributed by atoms with van der Waals surface area (Å²) in [5.41, 5.74) is 2.59. The molecule has 4 aromatic rings. The summed E-state index contributed by atoms with van der Waals surface area (Å²) < 4.78 is 13.1. The Morgan fingerprint density at radius 3 is 2.56 bits per heavy atom. The average molecular weight is 556 g/mol. The number of rotatable bonds is 7. The predicted molar refractivity (Wildman–Crippen MR) is 160 cm³/mol. The normalized spacial score (nSPS) is 14.4. The van der Waals surface area contributed by atoms with Gasteiger partial charge in [-0.2, -0.15) is 0 Å². The summed E-state index contributed by atoms with van der Waals surface area (Å²) in [5.74, 6) is 8.18. The smallest absolute Gasteiger partial charge is 0.324 e. The van der Waals surface area contributed by atoms with Crippen molar-refractivity contribution < 1.29 is 14.1 Å². The first kappa shape index (κ1) is 28.2. The van der Waals surface area contributed by atoms with E-state index in [9.17, 15) is 4.79 Å². The minimum Gasteiger partial charge on any atom is -0.494 e. The molecule has 0 aliphatic carbocycles. The van der Waals surface area contributed by atoms with E-state index in [1.165, 1.54) is 0 Å². The average Bonchev–Trinajstić information content (AvgIpc) is 3.58. The lowest BCUT2D eigenvalue weighted by Crippen LogP contribution is -2.44. The van der Waals surface area contributed by atoms with Crippen LogP contribution in [0.15, 0.2) is 59.4 Å². The fourth-order valence-corrected chi connectivity index (χ4v) is 4.41. The van der Waals surface area contributed by atoms with E-state index in [-0.39, 0.29) is 5.41 Å². The van der Waals surface area contributed by atoms with Crippen LogP contribution in [0, 0.1) is 11.8 Å². The Hall–Kier alpha value is -4.33. The quantitative estimate of drug-likeness (QED) is 0.252. The molecule has 1 aliphatic rings. The number of likely N-dealkylation sites (N-methyl/N-ethyl adjacent to an activating group) is 1. The minimum atomic E-state index is -0.419. The number of anilines is 2. The van der Waals surface area contributed by atoms with E-state index in [1.54, 1.807) is 18.2 Å². The zero-order valence-corrected chi connectivity index (χ0v) is 24.1. The third-order valence-electron chi connectivity index (χ3n) is 6.88. The lowest BCUT2D eigenvalue weighted by Gasteiger charge is -2.32. The second-order valence-electron chi connectivity index (χ2n) is 11.3. The highest BCUT2D eigenvalue weighted by Crippen LogP contribution is 2.24. The van der Waals surface area contributed by atoms with Crippen molar-refractivity contribution in [3.63, 3.8) is 0 Å². The number of aromatic nitrogens is 3. The SMILES string of the molecule is CN1CCN(CCCOc2ccc(C#Cc3cn4ccc(NC(=O)Nc5cc(C(C)(C)C)on5)cc4n3)cc2)CC1. The van der Waals surface area contributed by atoms with Crippen molar-refractivity contribution >= 4 is 23.2 Å². The Morgan fingerprint density at radius 1 is 1.05 bits per heavy atom. The van der Waals surface area contributed by atoms with Gasteiger partial charge in [0.2, 0.25) is 0 Å². The molecule has 1 aromatic carbocycles. The molecule has 5 rings (SSSR count). The number of nitrogens with zero attached hydrogens (tertiary/aromatic N) is 5. The number of benzene rings is 1. The topological polar surface area (TPSA) is 100 Å². The molecule has 1 aliphatic heterocycles. The molecule has 1 fully saturated rings. The maximum atomic E-state index is 12.4. The van der Waals surface area contributed by atoms with Gasteiger partial charge in [0.05, 0.1) is 6.61 Å². The highest BCUT2D eigenvalue weighted by Gasteiger charge is 2.20. The van der Waals surface area contributed by atoms with Crippen molar-refractivity contribution in [1.82, 2.24) is 24.3 Å². The molecule has 0 saturated carbocycles. The van der Waals surface area contributed by atoms with Gasteiger partial charge in [0.1, 0.15) is 22.9 Å². The van der Waals surface area contributed by atoms with Gasteiger partial charge in [-0.3, -0.25) is 5.32 Å². The van der Waals surface area contributed by atoms with E-state index in [2.05, 4.69) is 49.5 Å². The fourth-order valence-electron chi connectivity index (χ4n) is 4.41. The van der Waals surface area contributed by atoms with Crippen LogP contribution in [0.3, 0.4) is 0 Å². The molecule has 0 bridgehead atoms. The number of nitrogens with one attached hydrogen (secondary N) is 2. The lowest BCUT2D eigenvalue weighted by molar-refractivity contribution is 0.145. The molecular formula is C31H37N7O3. The van der Waals surface area contributed by atoms with Crippen LogP contribution in [0.4, 0.5) is 16.3 Å². The number of imidazole rings is 1. The van der Waals surface area contributed by atoms with Crippen molar-refractivity contribution in [2.45, 2.75) is 32.6 Å². The number of carbonyl (C=O) groups excluding carboxylic acids is 1. The largest absolute Gasteiger partial charge is 0.494 e. The number of hydrogen-bond acceptors (Lipinski definition) is 7. The molecule has 214 valence electrons. The van der Waals surface area contributed by atoms with E-state index in [4.69, 9.17) is 9.26 Å². The first-order chi connectivity index (χ1) is 19.7. The standard InChI is InChI=1S/C31H37N7O3/c1-31(2,3)27-21-28(35-41-27)34-30(39)33-24-12-14-38-22-25(32-29(38)20-24)9-6-23-7-10-26(11-8-23)40-19-5-13-37-17-15-36(4)16-18-37/h7-8,10-12,14,20-22H,5,13,15-19H2,1-4H3,(H2,33,34,35,39). The highest BCUT2D eigenvalue weighted by atomic mass is 16.5. The molecule has 3 aromatic heterocycles. The van der Waals surface area contributed by atoms with Gasteiger partial charge in [-0.25, -0.2) is 9.78 Å². The van der Waals surface area contributed by atoms with E-state index < -0.39 is 6.03 Å². The van der Waals surface area contributed by atoms with Gasteiger partial charge in [-0.1, -0.05) is 31.8 Å². The number of fused-ring (bicyclic) bond motifs is 1. The summed E-state index contributed by atoms with van der Waals surface area (Å²) >= 11 is 0. The number of piperazine rings is 1. The third-order valence-corrected chi connectivity index (χ3v) is 6.88. The molecular weight excluding hydrogens is 518 g/mol. The zero-order chi connectivity index (χ0) is 28.8. The summed E-state index contributed by atoms with van der Waals surface area (Å²) in [6.07, 6.45) is 4.70. The van der Waals surface area contributed by atoms with Gasteiger partial charge < -0.3 is 28.8 Å². The molecule has 0 atom stereocenters. The van der Waals surface area contributed by atoms with E-state index in [0.29, 0.717) is 35.2 Å². The number of hydrogen-bond donors (Lipinski definition) is 2. The molecule has 41 heavy (non-hydrogen) atoms. The molecule has 0 spiro atoms. The molecule has 0 unspecified atom stereocenters. The van der Waals surface area contributed by atoms with Gasteiger partial charge in [0.25, 0.3) is 0 Å². The number of pyridine rings is 1. The van der Waals surface area contributed by atoms with Gasteiger partial charge >= 0.3 is 6.03 Å². The number of ether oxygens (including phenoxy) is 1. The third kappa shape index (κ3) is 7.87. The summed E-state index contributed by atoms with van der Waals surface area (Å²) in [6, 6.07) is 12.7. The second-order valence-corrected chi connectivity index (χ2v) is 11.3. The second kappa shape index (κ2) is 12.5. The van der Waals surface area contributed by atoms with Crippen LogP contribution in [-0.2, 0) is 5.41 Å². The number of carbonyl (C=O) groups is 1. The number of urea groups is 1. The van der Waals surface area contributed by atoms with Gasteiger partial charge in [-0.05, 0) is 49.7 Å². The van der Waals surface area contributed by atoms with Crippen LogP contribution in [-0.4, -0.2) is 76.8 Å². The maximum Gasteiger partial charge on any atom is 0.324 e. The molecule has 2 N–H and O–H groups in total. The van der Waals surface area contributed by atoms with Crippen molar-refractivity contribution in [2.24, 2.45) is 0 Å². The Labute approximate surface area is 240 Å². The minimum absolute atomic E-state index is 0.196. The van der Waals surface area contributed by atoms with Crippen molar-refractivity contribution in [3.8, 4) is 17.6 Å². The summed E-state index contributed by atoms with van der Waals surface area (Å²) in [5, 5.41) is 9.41. The molecule has 4 heterocycles. The molecule has 1 saturated heterocycles. The monoisotopic (exact) mass is 555 g/mol. The summed E-state index contributed by atoms with van der Waals surface area (Å²) in [6.45, 7) is 12.4. The first-order valence-corrected chi connectivity index (χ1v) is 13.9. The first-order valence-electron chi connectivity index (χ1n) is 13.9. The number of amides is 2. The molecule has 10 heteroatoms. The Morgan fingerprint density at radius 2 is 1.83 bits per heavy atom. The van der Waals surface area contributed by atoms with Crippen LogP contribution >= 0.6 is 0 Å². The molecule has 2 amide bonds. The van der Waals surface area contributed by atoms with Crippen molar-refractivity contribution in [2.75, 3.05) is 57.0 Å².